The van der Waals surface area contributed by atoms with E-state index in [1.807, 2.05) is 6.92 Å². The van der Waals surface area contributed by atoms with Gasteiger partial charge in [0.15, 0.2) is 0 Å². The number of nitro groups is 1. The molecule has 3 rings (SSSR count). The average Bonchev–Trinajstić information content (AvgIpc) is 2.68. The lowest BCUT2D eigenvalue weighted by molar-refractivity contribution is -0.385. The highest BCUT2D eigenvalue weighted by Gasteiger charge is 2.30. The van der Waals surface area contributed by atoms with Crippen molar-refractivity contribution in [1.29, 1.82) is 0 Å². The van der Waals surface area contributed by atoms with Gasteiger partial charge in [0.25, 0.3) is 11.6 Å². The van der Waals surface area contributed by atoms with Crippen molar-refractivity contribution in [2.24, 2.45) is 0 Å². The number of nitro benzene ring substituents is 1. The van der Waals surface area contributed by atoms with Crippen LogP contribution in [0.1, 0.15) is 36.5 Å². The predicted molar refractivity (Wildman–Crippen MR) is 105 cm³/mol. The van der Waals surface area contributed by atoms with Crippen molar-refractivity contribution >= 4 is 27.3 Å². The molecule has 2 aromatic rings. The van der Waals surface area contributed by atoms with E-state index in [1.54, 1.807) is 0 Å². The minimum Gasteiger partial charge on any atom is -0.322 e. The number of carbonyl (C=O) groups is 1. The Bertz CT molecular complexity index is 989. The first kappa shape index (κ1) is 20.0. The maximum absolute atomic E-state index is 12.8. The molecule has 28 heavy (non-hydrogen) atoms. The lowest BCUT2D eigenvalue weighted by Gasteiger charge is -2.32. The number of hydrogen-bond acceptors (Lipinski definition) is 5. The summed E-state index contributed by atoms with van der Waals surface area (Å²) in [7, 11) is -3.60. The van der Waals surface area contributed by atoms with E-state index in [0.29, 0.717) is 12.2 Å². The van der Waals surface area contributed by atoms with E-state index in [4.69, 9.17) is 0 Å². The fourth-order valence-corrected chi connectivity index (χ4v) is 5.00. The van der Waals surface area contributed by atoms with Crippen LogP contribution in [0.3, 0.4) is 0 Å². The first-order valence-corrected chi connectivity index (χ1v) is 10.4. The van der Waals surface area contributed by atoms with Crippen LogP contribution in [0.4, 0.5) is 11.4 Å². The van der Waals surface area contributed by atoms with Crippen LogP contribution in [0, 0.1) is 10.1 Å². The molecule has 1 aliphatic heterocycles. The van der Waals surface area contributed by atoms with Crippen LogP contribution in [0.5, 0.6) is 0 Å². The molecule has 8 nitrogen and oxygen atoms in total. The molecule has 148 valence electrons. The summed E-state index contributed by atoms with van der Waals surface area (Å²) in [5.41, 5.74) is -0.00147. The number of rotatable bonds is 5. The number of para-hydroxylation sites is 1. The maximum Gasteiger partial charge on any atom is 0.282 e. The van der Waals surface area contributed by atoms with Crippen LogP contribution < -0.4 is 5.32 Å². The summed E-state index contributed by atoms with van der Waals surface area (Å²) in [5.74, 6) is -0.632. The second-order valence-electron chi connectivity index (χ2n) is 6.71. The molecule has 1 fully saturated rings. The number of anilines is 1. The van der Waals surface area contributed by atoms with E-state index in [0.717, 1.165) is 19.3 Å². The van der Waals surface area contributed by atoms with Crippen LogP contribution in [0.2, 0.25) is 0 Å². The van der Waals surface area contributed by atoms with Gasteiger partial charge in [-0.25, -0.2) is 8.42 Å². The van der Waals surface area contributed by atoms with Gasteiger partial charge in [0, 0.05) is 24.3 Å². The van der Waals surface area contributed by atoms with Gasteiger partial charge in [0.1, 0.15) is 5.56 Å². The Morgan fingerprint density at radius 2 is 1.82 bits per heavy atom. The summed E-state index contributed by atoms with van der Waals surface area (Å²) < 4.78 is 27.2. The number of carbonyl (C=O) groups excluding carboxylic acids is 1. The fourth-order valence-electron chi connectivity index (χ4n) is 3.30. The molecule has 0 bridgehead atoms. The minimum absolute atomic E-state index is 0.0447. The molecule has 1 N–H and O–H groups in total. The van der Waals surface area contributed by atoms with E-state index < -0.39 is 20.9 Å². The number of benzene rings is 2. The van der Waals surface area contributed by atoms with E-state index in [-0.39, 0.29) is 22.2 Å². The zero-order valence-corrected chi connectivity index (χ0v) is 16.2. The molecule has 1 amide bonds. The molecule has 0 radical (unpaired) electrons. The van der Waals surface area contributed by atoms with Gasteiger partial charge in [-0.2, -0.15) is 4.31 Å². The Balaban J connectivity index is 1.78. The lowest BCUT2D eigenvalue weighted by atomic mass is 10.1. The zero-order chi connectivity index (χ0) is 20.3. The average molecular weight is 403 g/mol. The van der Waals surface area contributed by atoms with Gasteiger partial charge >= 0.3 is 0 Å². The molecule has 2 aromatic carbocycles. The van der Waals surface area contributed by atoms with E-state index >= 15 is 0 Å². The Hall–Kier alpha value is -2.78. The van der Waals surface area contributed by atoms with Gasteiger partial charge < -0.3 is 5.32 Å². The molecule has 0 spiro atoms. The Labute approximate surface area is 163 Å². The van der Waals surface area contributed by atoms with E-state index in [2.05, 4.69) is 5.32 Å². The van der Waals surface area contributed by atoms with Crippen molar-refractivity contribution in [3.05, 3.63) is 64.2 Å². The number of piperidine rings is 1. The molecule has 1 heterocycles. The van der Waals surface area contributed by atoms with E-state index in [1.165, 1.54) is 52.8 Å². The summed E-state index contributed by atoms with van der Waals surface area (Å²) >= 11 is 0. The molecule has 1 atom stereocenters. The summed E-state index contributed by atoms with van der Waals surface area (Å²) in [6, 6.07) is 11.4. The normalized spacial score (nSPS) is 17.8. The van der Waals surface area contributed by atoms with Crippen LogP contribution >= 0.6 is 0 Å². The van der Waals surface area contributed by atoms with E-state index in [9.17, 15) is 23.3 Å². The van der Waals surface area contributed by atoms with Crippen molar-refractivity contribution in [2.45, 2.75) is 37.1 Å². The monoisotopic (exact) mass is 403 g/mol. The third kappa shape index (κ3) is 4.05. The van der Waals surface area contributed by atoms with Crippen molar-refractivity contribution in [1.82, 2.24) is 4.31 Å². The topological polar surface area (TPSA) is 110 Å². The molecule has 0 aromatic heterocycles. The second kappa shape index (κ2) is 8.07. The molecular weight excluding hydrogens is 382 g/mol. The van der Waals surface area contributed by atoms with Gasteiger partial charge in [-0.1, -0.05) is 18.6 Å². The van der Waals surface area contributed by atoms with Gasteiger partial charge in [0.2, 0.25) is 10.0 Å². The van der Waals surface area contributed by atoms with Crippen molar-refractivity contribution in [3.63, 3.8) is 0 Å². The highest BCUT2D eigenvalue weighted by molar-refractivity contribution is 7.89. The third-order valence-corrected chi connectivity index (χ3v) is 6.83. The van der Waals surface area contributed by atoms with Crippen LogP contribution in [0.15, 0.2) is 53.4 Å². The zero-order valence-electron chi connectivity index (χ0n) is 15.4. The first-order valence-electron chi connectivity index (χ1n) is 8.97. The van der Waals surface area contributed by atoms with Crippen LogP contribution in [-0.4, -0.2) is 36.1 Å². The SMILES string of the molecule is C[C@@H]1CCCCN1S(=O)(=O)c1ccc(NC(=O)c2ccccc2[N+](=O)[O-])cc1. The fraction of sp³-hybridized carbons (Fsp3) is 0.316. The number of sulfonamides is 1. The number of amides is 1. The molecule has 9 heteroatoms. The molecule has 1 saturated heterocycles. The lowest BCUT2D eigenvalue weighted by Crippen LogP contribution is -2.41. The minimum atomic E-state index is -3.60. The number of nitrogens with one attached hydrogen (secondary N) is 1. The smallest absolute Gasteiger partial charge is 0.282 e. The standard InChI is InChI=1S/C19H21N3O5S/c1-14-6-4-5-13-21(14)28(26,27)16-11-9-15(10-12-16)20-19(23)17-7-2-3-8-18(17)22(24)25/h2-3,7-12,14H,4-6,13H2,1H3,(H,20,23)/t14-/m1/s1. The van der Waals surface area contributed by atoms with Crippen LogP contribution in [0.25, 0.3) is 0 Å². The van der Waals surface area contributed by atoms with Crippen molar-refractivity contribution in [3.8, 4) is 0 Å². The Kier molecular flexibility index (Phi) is 5.76. The summed E-state index contributed by atoms with van der Waals surface area (Å²) in [5, 5.41) is 13.6. The second-order valence-corrected chi connectivity index (χ2v) is 8.60. The Morgan fingerprint density at radius 1 is 1.14 bits per heavy atom. The number of nitrogens with zero attached hydrogens (tertiary/aromatic N) is 2. The molecule has 1 aliphatic rings. The largest absolute Gasteiger partial charge is 0.322 e. The predicted octanol–water partition coefficient (Wildman–Crippen LogP) is 3.41. The summed E-state index contributed by atoms with van der Waals surface area (Å²) in [6.07, 6.45) is 2.70. The van der Waals surface area contributed by atoms with Crippen molar-refractivity contribution < 1.29 is 18.1 Å². The molecule has 0 unspecified atom stereocenters. The highest BCUT2D eigenvalue weighted by Crippen LogP contribution is 2.26. The first-order chi connectivity index (χ1) is 13.3. The maximum atomic E-state index is 12.8. The van der Waals surface area contributed by atoms with Gasteiger partial charge in [-0.15, -0.1) is 0 Å². The molecule has 0 aliphatic carbocycles. The van der Waals surface area contributed by atoms with Gasteiger partial charge in [-0.3, -0.25) is 14.9 Å². The molecular formula is C19H21N3O5S. The summed E-state index contributed by atoms with van der Waals surface area (Å²) in [4.78, 5) is 23.0. The summed E-state index contributed by atoms with van der Waals surface area (Å²) in [6.45, 7) is 2.40. The number of hydrogen-bond donors (Lipinski definition) is 1. The quantitative estimate of drug-likeness (QED) is 0.608. The van der Waals surface area contributed by atoms with Crippen LogP contribution in [-0.2, 0) is 10.0 Å². The molecule has 0 saturated carbocycles. The third-order valence-electron chi connectivity index (χ3n) is 4.81. The van der Waals surface area contributed by atoms with Crippen molar-refractivity contribution in [2.75, 3.05) is 11.9 Å². The Morgan fingerprint density at radius 3 is 2.46 bits per heavy atom. The van der Waals surface area contributed by atoms with Gasteiger partial charge in [0.05, 0.1) is 9.82 Å². The van der Waals surface area contributed by atoms with Gasteiger partial charge in [-0.05, 0) is 50.1 Å². The highest BCUT2D eigenvalue weighted by atomic mass is 32.2.